The third-order valence-electron chi connectivity index (χ3n) is 3.39. The molecule has 0 saturated carbocycles. The molecule has 2 heterocycles. The Bertz CT molecular complexity index is 277. The quantitative estimate of drug-likeness (QED) is 0.800. The second-order valence-electron chi connectivity index (χ2n) is 5.47. The normalized spacial score (nSPS) is 26.7. The third-order valence-corrected chi connectivity index (χ3v) is 3.39. The molecule has 0 radical (unpaired) electrons. The van der Waals surface area contributed by atoms with Gasteiger partial charge in [0.25, 0.3) is 0 Å². The lowest BCUT2D eigenvalue weighted by atomic mass is 9.97. The maximum absolute atomic E-state index is 11.7. The standard InChI is InChI=1S/C13H24N2O3/c1-10(2)14-12(16)9-15-5-3-4-11(8-15)13-17-6-7-18-13/h10-11,13H,3-9H2,1-2H3,(H,14,16). The van der Waals surface area contributed by atoms with Crippen LogP contribution >= 0.6 is 0 Å². The minimum absolute atomic E-state index is 0.0547. The van der Waals surface area contributed by atoms with Crippen molar-refractivity contribution in [3.05, 3.63) is 0 Å². The molecule has 0 aromatic heterocycles. The number of carbonyl (C=O) groups excluding carboxylic acids is 1. The van der Waals surface area contributed by atoms with Crippen molar-refractivity contribution < 1.29 is 14.3 Å². The summed E-state index contributed by atoms with van der Waals surface area (Å²) >= 11 is 0. The van der Waals surface area contributed by atoms with Gasteiger partial charge in [-0.2, -0.15) is 0 Å². The van der Waals surface area contributed by atoms with Crippen LogP contribution in [0.25, 0.3) is 0 Å². The predicted octanol–water partition coefficient (Wildman–Crippen LogP) is 0.596. The lowest BCUT2D eigenvalue weighted by Gasteiger charge is -2.34. The number of piperidine rings is 1. The van der Waals surface area contributed by atoms with Crippen LogP contribution in [0.4, 0.5) is 0 Å². The van der Waals surface area contributed by atoms with Gasteiger partial charge < -0.3 is 14.8 Å². The Labute approximate surface area is 109 Å². The monoisotopic (exact) mass is 256 g/mol. The summed E-state index contributed by atoms with van der Waals surface area (Å²) < 4.78 is 11.1. The molecule has 1 N–H and O–H groups in total. The second kappa shape index (κ2) is 6.50. The van der Waals surface area contributed by atoms with E-state index in [1.165, 1.54) is 0 Å². The molecular formula is C13H24N2O3. The Morgan fingerprint density at radius 3 is 2.78 bits per heavy atom. The van der Waals surface area contributed by atoms with E-state index in [2.05, 4.69) is 10.2 Å². The van der Waals surface area contributed by atoms with Crippen LogP contribution in [0.5, 0.6) is 0 Å². The van der Waals surface area contributed by atoms with E-state index in [1.807, 2.05) is 13.8 Å². The number of rotatable bonds is 4. The summed E-state index contributed by atoms with van der Waals surface area (Å²) in [7, 11) is 0. The highest BCUT2D eigenvalue weighted by Crippen LogP contribution is 2.24. The molecule has 18 heavy (non-hydrogen) atoms. The van der Waals surface area contributed by atoms with Crippen molar-refractivity contribution in [1.29, 1.82) is 0 Å². The smallest absolute Gasteiger partial charge is 0.234 e. The van der Waals surface area contributed by atoms with Gasteiger partial charge >= 0.3 is 0 Å². The van der Waals surface area contributed by atoms with Crippen molar-refractivity contribution in [2.24, 2.45) is 5.92 Å². The van der Waals surface area contributed by atoms with E-state index in [-0.39, 0.29) is 18.2 Å². The summed E-state index contributed by atoms with van der Waals surface area (Å²) in [5.41, 5.74) is 0. The zero-order valence-corrected chi connectivity index (χ0v) is 11.4. The number of carbonyl (C=O) groups is 1. The van der Waals surface area contributed by atoms with Crippen molar-refractivity contribution in [2.75, 3.05) is 32.8 Å². The average Bonchev–Trinajstić information content (AvgIpc) is 2.81. The lowest BCUT2D eigenvalue weighted by Crippen LogP contribution is -2.46. The summed E-state index contributed by atoms with van der Waals surface area (Å²) in [5.74, 6) is 0.520. The van der Waals surface area contributed by atoms with Crippen molar-refractivity contribution >= 4 is 5.91 Å². The van der Waals surface area contributed by atoms with Crippen LogP contribution in [0.2, 0.25) is 0 Å². The van der Waals surface area contributed by atoms with Crippen LogP contribution in [0.1, 0.15) is 26.7 Å². The molecule has 0 spiro atoms. The number of hydrogen-bond donors (Lipinski definition) is 1. The van der Waals surface area contributed by atoms with Crippen molar-refractivity contribution in [2.45, 2.75) is 39.0 Å². The molecule has 1 unspecified atom stereocenters. The van der Waals surface area contributed by atoms with Crippen LogP contribution in [-0.4, -0.2) is 56.0 Å². The zero-order chi connectivity index (χ0) is 13.0. The summed E-state index contributed by atoms with van der Waals surface area (Å²) in [4.78, 5) is 13.9. The summed E-state index contributed by atoms with van der Waals surface area (Å²) in [6, 6.07) is 0.208. The van der Waals surface area contributed by atoms with Crippen LogP contribution in [0.3, 0.4) is 0 Å². The number of ether oxygens (including phenoxy) is 2. The van der Waals surface area contributed by atoms with E-state index < -0.39 is 0 Å². The van der Waals surface area contributed by atoms with Gasteiger partial charge in [0.05, 0.1) is 19.8 Å². The largest absolute Gasteiger partial charge is 0.353 e. The molecule has 0 aliphatic carbocycles. The fourth-order valence-electron chi connectivity index (χ4n) is 2.68. The highest BCUT2D eigenvalue weighted by Gasteiger charge is 2.31. The summed E-state index contributed by atoms with van der Waals surface area (Å²) in [6.07, 6.45) is 2.19. The van der Waals surface area contributed by atoms with Crippen LogP contribution in [-0.2, 0) is 14.3 Å². The van der Waals surface area contributed by atoms with Gasteiger partial charge in [0.1, 0.15) is 0 Å². The van der Waals surface area contributed by atoms with Crippen molar-refractivity contribution in [1.82, 2.24) is 10.2 Å². The summed E-state index contributed by atoms with van der Waals surface area (Å²) in [6.45, 7) is 7.75. The topological polar surface area (TPSA) is 50.8 Å². The molecule has 1 amide bonds. The van der Waals surface area contributed by atoms with Gasteiger partial charge in [-0.3, -0.25) is 9.69 Å². The Balaban J connectivity index is 1.77. The van der Waals surface area contributed by atoms with E-state index >= 15 is 0 Å². The maximum atomic E-state index is 11.7. The molecular weight excluding hydrogens is 232 g/mol. The molecule has 1 atom stereocenters. The third kappa shape index (κ3) is 3.93. The number of hydrogen-bond acceptors (Lipinski definition) is 4. The van der Waals surface area contributed by atoms with Gasteiger partial charge in [-0.15, -0.1) is 0 Å². The molecule has 2 fully saturated rings. The van der Waals surface area contributed by atoms with E-state index in [4.69, 9.17) is 9.47 Å². The zero-order valence-electron chi connectivity index (χ0n) is 11.4. The first kappa shape index (κ1) is 13.8. The number of nitrogens with one attached hydrogen (secondary N) is 1. The molecule has 2 rings (SSSR count). The second-order valence-corrected chi connectivity index (χ2v) is 5.47. The minimum atomic E-state index is -0.0547. The van der Waals surface area contributed by atoms with Crippen LogP contribution < -0.4 is 5.32 Å². The molecule has 104 valence electrons. The SMILES string of the molecule is CC(C)NC(=O)CN1CCCC(C2OCCO2)C1. The summed E-state index contributed by atoms with van der Waals surface area (Å²) in [5, 5.41) is 2.93. The van der Waals surface area contributed by atoms with E-state index in [1.54, 1.807) is 0 Å². The average molecular weight is 256 g/mol. The van der Waals surface area contributed by atoms with Gasteiger partial charge in [-0.1, -0.05) is 0 Å². The first-order valence-electron chi connectivity index (χ1n) is 6.90. The minimum Gasteiger partial charge on any atom is -0.353 e. The molecule has 2 aliphatic rings. The van der Waals surface area contributed by atoms with E-state index in [9.17, 15) is 4.79 Å². The van der Waals surface area contributed by atoms with Crippen molar-refractivity contribution in [3.63, 3.8) is 0 Å². The number of likely N-dealkylation sites (tertiary alicyclic amines) is 1. The molecule has 5 nitrogen and oxygen atoms in total. The van der Waals surface area contributed by atoms with Crippen LogP contribution in [0, 0.1) is 5.92 Å². The Kier molecular flexibility index (Phi) is 4.97. The van der Waals surface area contributed by atoms with Crippen LogP contribution in [0.15, 0.2) is 0 Å². The molecule has 0 aromatic rings. The predicted molar refractivity (Wildman–Crippen MR) is 68.1 cm³/mol. The van der Waals surface area contributed by atoms with E-state index in [0.29, 0.717) is 25.7 Å². The van der Waals surface area contributed by atoms with Gasteiger partial charge in [-0.25, -0.2) is 0 Å². The molecule has 0 bridgehead atoms. The molecule has 2 saturated heterocycles. The first-order valence-corrected chi connectivity index (χ1v) is 6.90. The number of nitrogens with zero attached hydrogens (tertiary/aromatic N) is 1. The number of amides is 1. The van der Waals surface area contributed by atoms with Gasteiger partial charge in [0, 0.05) is 18.5 Å². The Hall–Kier alpha value is -0.650. The van der Waals surface area contributed by atoms with Crippen molar-refractivity contribution in [3.8, 4) is 0 Å². The Morgan fingerprint density at radius 2 is 2.11 bits per heavy atom. The van der Waals surface area contributed by atoms with E-state index in [0.717, 1.165) is 25.9 Å². The molecule has 0 aromatic carbocycles. The fraction of sp³-hybridized carbons (Fsp3) is 0.923. The van der Waals surface area contributed by atoms with Gasteiger partial charge in [-0.05, 0) is 33.2 Å². The van der Waals surface area contributed by atoms with Gasteiger partial charge in [0.15, 0.2) is 6.29 Å². The fourth-order valence-corrected chi connectivity index (χ4v) is 2.68. The highest BCUT2D eigenvalue weighted by molar-refractivity contribution is 5.78. The lowest BCUT2D eigenvalue weighted by molar-refractivity contribution is -0.126. The molecule has 5 heteroatoms. The highest BCUT2D eigenvalue weighted by atomic mass is 16.7. The van der Waals surface area contributed by atoms with Gasteiger partial charge in [0.2, 0.25) is 5.91 Å². The molecule has 2 aliphatic heterocycles. The first-order chi connectivity index (χ1) is 8.65. The maximum Gasteiger partial charge on any atom is 0.234 e. The Morgan fingerprint density at radius 1 is 1.39 bits per heavy atom.